The molecule has 152 valence electrons. The third kappa shape index (κ3) is 3.22. The van der Waals surface area contributed by atoms with Crippen LogP contribution in [-0.4, -0.2) is 20.9 Å². The van der Waals surface area contributed by atoms with Crippen molar-refractivity contribution in [3.63, 3.8) is 0 Å². The predicted molar refractivity (Wildman–Crippen MR) is 120 cm³/mol. The number of aryl methyl sites for hydroxylation is 1. The first-order chi connectivity index (χ1) is 14.3. The van der Waals surface area contributed by atoms with Gasteiger partial charge in [-0.15, -0.1) is 11.3 Å². The topological polar surface area (TPSA) is 111 Å². The molecular weight excluding hydrogens is 468 g/mol. The van der Waals surface area contributed by atoms with Gasteiger partial charge in [-0.25, -0.2) is 14.4 Å². The lowest BCUT2D eigenvalue weighted by Gasteiger charge is -2.14. The number of aliphatic imine (C=N–C) groups is 1. The summed E-state index contributed by atoms with van der Waals surface area (Å²) >= 11 is 4.87. The number of nitrogens with one attached hydrogen (secondary N) is 1. The Morgan fingerprint density at radius 2 is 2.07 bits per heavy atom. The first-order valence-corrected chi connectivity index (χ1v) is 10.9. The van der Waals surface area contributed by atoms with E-state index in [0.717, 1.165) is 49.9 Å². The molecule has 3 aromatic rings. The number of aromatic hydroxyl groups is 1. The van der Waals surface area contributed by atoms with Gasteiger partial charge in [0.2, 0.25) is 5.88 Å². The van der Waals surface area contributed by atoms with Crippen molar-refractivity contribution in [3.8, 4) is 17.6 Å². The van der Waals surface area contributed by atoms with Gasteiger partial charge in [0.1, 0.15) is 16.6 Å². The van der Waals surface area contributed by atoms with Crippen molar-refractivity contribution in [2.24, 2.45) is 4.99 Å². The van der Waals surface area contributed by atoms with Crippen molar-refractivity contribution in [1.82, 2.24) is 9.55 Å². The Kier molecular flexibility index (Phi) is 5.22. The lowest BCUT2D eigenvalue weighted by molar-refractivity contribution is 0.430. The minimum atomic E-state index is -0.744. The molecule has 0 aliphatic heterocycles. The van der Waals surface area contributed by atoms with Gasteiger partial charge in [0.05, 0.1) is 11.3 Å². The molecule has 0 fully saturated rings. The van der Waals surface area contributed by atoms with Gasteiger partial charge in [0.25, 0.3) is 5.56 Å². The summed E-state index contributed by atoms with van der Waals surface area (Å²) in [5, 5.41) is 20.8. The smallest absolute Gasteiger partial charge is 0.335 e. The quantitative estimate of drug-likeness (QED) is 0.550. The molecule has 0 saturated heterocycles. The molecule has 4 rings (SSSR count). The molecule has 30 heavy (non-hydrogen) atoms. The standard InChI is InChI=1S/C21H17BrN4O3S/c1-10-11(2)16(7-6-15(10)22)26-20(28)14(18(27)25-21(26)29)9-24-19-13(8-23)12-4-3-5-17(12)30-19/h6-7,9,28H,3-5H2,1-2H3,(H,25,27,29). The fraction of sp³-hybridized carbons (Fsp3) is 0.238. The molecule has 1 aliphatic rings. The van der Waals surface area contributed by atoms with Crippen LogP contribution in [0.1, 0.15) is 39.1 Å². The van der Waals surface area contributed by atoms with Crippen LogP contribution < -0.4 is 11.2 Å². The van der Waals surface area contributed by atoms with Crippen molar-refractivity contribution >= 4 is 38.5 Å². The van der Waals surface area contributed by atoms with Crippen LogP contribution >= 0.6 is 27.3 Å². The number of thiophene rings is 1. The van der Waals surface area contributed by atoms with Crippen molar-refractivity contribution in [2.45, 2.75) is 33.1 Å². The van der Waals surface area contributed by atoms with E-state index in [1.165, 1.54) is 17.6 Å². The monoisotopic (exact) mass is 484 g/mol. The van der Waals surface area contributed by atoms with E-state index in [2.05, 4.69) is 32.0 Å². The molecule has 2 aromatic heterocycles. The Hall–Kier alpha value is -2.96. The lowest BCUT2D eigenvalue weighted by atomic mass is 10.1. The number of benzene rings is 1. The molecule has 0 bridgehead atoms. The highest BCUT2D eigenvalue weighted by Crippen LogP contribution is 2.40. The maximum atomic E-state index is 12.5. The molecule has 2 heterocycles. The number of aromatic nitrogens is 2. The number of rotatable bonds is 3. The number of hydrogen-bond donors (Lipinski definition) is 2. The summed E-state index contributed by atoms with van der Waals surface area (Å²) in [7, 11) is 0. The minimum Gasteiger partial charge on any atom is -0.493 e. The summed E-state index contributed by atoms with van der Waals surface area (Å²) in [6.07, 6.45) is 4.01. The van der Waals surface area contributed by atoms with Gasteiger partial charge in [0.15, 0.2) is 0 Å². The van der Waals surface area contributed by atoms with Crippen LogP contribution in [0.5, 0.6) is 5.88 Å². The molecule has 0 spiro atoms. The number of nitriles is 1. The molecule has 9 heteroatoms. The van der Waals surface area contributed by atoms with E-state index in [0.29, 0.717) is 16.3 Å². The summed E-state index contributed by atoms with van der Waals surface area (Å²) in [5.74, 6) is -0.500. The van der Waals surface area contributed by atoms with Crippen molar-refractivity contribution in [1.29, 1.82) is 5.26 Å². The van der Waals surface area contributed by atoms with Crippen LogP contribution in [0.15, 0.2) is 31.2 Å². The van der Waals surface area contributed by atoms with Crippen LogP contribution in [0.25, 0.3) is 5.69 Å². The van der Waals surface area contributed by atoms with E-state index in [9.17, 15) is 20.0 Å². The van der Waals surface area contributed by atoms with E-state index in [-0.39, 0.29) is 5.56 Å². The second kappa shape index (κ2) is 7.70. The second-order valence-electron chi connectivity index (χ2n) is 7.06. The van der Waals surface area contributed by atoms with Crippen molar-refractivity contribution in [3.05, 3.63) is 70.1 Å². The molecule has 0 atom stereocenters. The normalized spacial score (nSPS) is 13.0. The van der Waals surface area contributed by atoms with E-state index in [1.54, 1.807) is 12.1 Å². The number of nitrogens with zero attached hydrogens (tertiary/aromatic N) is 3. The minimum absolute atomic E-state index is 0.146. The molecule has 0 amide bonds. The van der Waals surface area contributed by atoms with E-state index in [4.69, 9.17) is 0 Å². The fourth-order valence-electron chi connectivity index (χ4n) is 3.61. The SMILES string of the molecule is Cc1c(Br)ccc(-n2c(O)c(C=Nc3sc4c(c3C#N)CCC4)c(=O)[nH]c2=O)c1C. The largest absolute Gasteiger partial charge is 0.493 e. The van der Waals surface area contributed by atoms with Crippen LogP contribution in [0.3, 0.4) is 0 Å². The molecule has 1 aliphatic carbocycles. The first kappa shape index (κ1) is 20.3. The van der Waals surface area contributed by atoms with Crippen molar-refractivity contribution in [2.75, 3.05) is 0 Å². The second-order valence-corrected chi connectivity index (χ2v) is 8.99. The van der Waals surface area contributed by atoms with Gasteiger partial charge in [-0.05, 0) is 61.9 Å². The zero-order valence-electron chi connectivity index (χ0n) is 16.2. The molecule has 2 N–H and O–H groups in total. The third-order valence-corrected chi connectivity index (χ3v) is 7.44. The maximum Gasteiger partial charge on any atom is 0.335 e. The van der Waals surface area contributed by atoms with Gasteiger partial charge in [-0.3, -0.25) is 9.78 Å². The number of fused-ring (bicyclic) bond motifs is 1. The van der Waals surface area contributed by atoms with E-state index >= 15 is 0 Å². The van der Waals surface area contributed by atoms with E-state index in [1.807, 2.05) is 13.8 Å². The molecule has 0 radical (unpaired) electrons. The number of halogens is 1. The third-order valence-electron chi connectivity index (χ3n) is 5.38. The molecule has 0 unspecified atom stereocenters. The Morgan fingerprint density at radius 1 is 1.30 bits per heavy atom. The Balaban J connectivity index is 1.86. The summed E-state index contributed by atoms with van der Waals surface area (Å²) in [6, 6.07) is 5.65. The van der Waals surface area contributed by atoms with Gasteiger partial charge in [-0.1, -0.05) is 15.9 Å². The fourth-order valence-corrected chi connectivity index (χ4v) is 5.23. The van der Waals surface area contributed by atoms with E-state index < -0.39 is 17.1 Å². The Labute approximate surface area is 184 Å². The lowest BCUT2D eigenvalue weighted by Crippen LogP contribution is -2.31. The van der Waals surface area contributed by atoms with Gasteiger partial charge in [0, 0.05) is 15.6 Å². The van der Waals surface area contributed by atoms with Gasteiger partial charge >= 0.3 is 5.69 Å². The summed E-state index contributed by atoms with van der Waals surface area (Å²) in [6.45, 7) is 3.71. The molecular formula is C21H17BrN4O3S. The molecule has 1 aromatic carbocycles. The summed E-state index contributed by atoms with van der Waals surface area (Å²) < 4.78 is 1.93. The molecule has 0 saturated carbocycles. The highest BCUT2D eigenvalue weighted by atomic mass is 79.9. The number of aromatic amines is 1. The average Bonchev–Trinajstić information content (AvgIpc) is 3.28. The van der Waals surface area contributed by atoms with Crippen LogP contribution in [0, 0.1) is 25.2 Å². The Bertz CT molecular complexity index is 1370. The van der Waals surface area contributed by atoms with Crippen molar-refractivity contribution < 1.29 is 5.11 Å². The van der Waals surface area contributed by atoms with Crippen LogP contribution in [0.4, 0.5) is 5.00 Å². The average molecular weight is 485 g/mol. The summed E-state index contributed by atoms with van der Waals surface area (Å²) in [5.41, 5.74) is 2.05. The highest BCUT2D eigenvalue weighted by Gasteiger charge is 2.22. The Morgan fingerprint density at radius 3 is 2.80 bits per heavy atom. The van der Waals surface area contributed by atoms with Gasteiger partial charge in [-0.2, -0.15) is 5.26 Å². The molecule has 7 nitrogen and oxygen atoms in total. The number of hydrogen-bond acceptors (Lipinski definition) is 6. The zero-order chi connectivity index (χ0) is 21.6. The zero-order valence-corrected chi connectivity index (χ0v) is 18.6. The van der Waals surface area contributed by atoms with Crippen LogP contribution in [0.2, 0.25) is 0 Å². The summed E-state index contributed by atoms with van der Waals surface area (Å²) in [4.78, 5) is 32.6. The highest BCUT2D eigenvalue weighted by molar-refractivity contribution is 9.10. The first-order valence-electron chi connectivity index (χ1n) is 9.26. The maximum absolute atomic E-state index is 12.5. The predicted octanol–water partition coefficient (Wildman–Crippen LogP) is 3.78. The van der Waals surface area contributed by atoms with Crippen LogP contribution in [-0.2, 0) is 12.8 Å². The number of H-pyrrole nitrogens is 1. The van der Waals surface area contributed by atoms with Gasteiger partial charge < -0.3 is 5.11 Å².